The zero-order valence-corrected chi connectivity index (χ0v) is 9.43. The van der Waals surface area contributed by atoms with Gasteiger partial charge in [0.1, 0.15) is 0 Å². The van der Waals surface area contributed by atoms with Crippen molar-refractivity contribution in [2.45, 2.75) is 47.0 Å². The Morgan fingerprint density at radius 1 is 1.38 bits per heavy atom. The Morgan fingerprint density at radius 2 is 2.08 bits per heavy atom. The van der Waals surface area contributed by atoms with Gasteiger partial charge in [0.2, 0.25) is 0 Å². The second-order valence-corrected chi connectivity index (χ2v) is 5.28. The molecular weight excluding hydrogens is 156 g/mol. The van der Waals surface area contributed by atoms with E-state index in [4.69, 9.17) is 0 Å². The fourth-order valence-electron chi connectivity index (χ4n) is 1.76. The highest BCUT2D eigenvalue weighted by atomic mass is 14.2. The largest absolute Gasteiger partial charge is 0.0809 e. The fraction of sp³-hybridized carbons (Fsp3) is 0.692. The molecule has 0 aliphatic heterocycles. The van der Waals surface area contributed by atoms with E-state index in [1.807, 2.05) is 0 Å². The summed E-state index contributed by atoms with van der Waals surface area (Å²) in [6.07, 6.45) is 10.8. The summed E-state index contributed by atoms with van der Waals surface area (Å²) in [5, 5.41) is 0. The molecule has 0 saturated carbocycles. The molecule has 0 aromatic heterocycles. The lowest BCUT2D eigenvalue weighted by atomic mass is 9.84. The predicted octanol–water partition coefficient (Wildman–Crippen LogP) is 4.34. The van der Waals surface area contributed by atoms with Crippen molar-refractivity contribution in [2.24, 2.45) is 11.3 Å². The van der Waals surface area contributed by atoms with Crippen molar-refractivity contribution in [2.75, 3.05) is 0 Å². The van der Waals surface area contributed by atoms with Crippen LogP contribution in [-0.2, 0) is 0 Å². The van der Waals surface area contributed by atoms with Crippen LogP contribution in [0.25, 0.3) is 0 Å². The van der Waals surface area contributed by atoms with E-state index in [0.717, 1.165) is 5.92 Å². The Labute approximate surface area is 82.7 Å². The van der Waals surface area contributed by atoms with Crippen LogP contribution in [0.5, 0.6) is 0 Å². The molecule has 13 heavy (non-hydrogen) atoms. The third-order valence-corrected chi connectivity index (χ3v) is 2.52. The molecule has 0 saturated heterocycles. The van der Waals surface area contributed by atoms with Gasteiger partial charge in [-0.25, -0.2) is 0 Å². The minimum Gasteiger partial charge on any atom is -0.0809 e. The van der Waals surface area contributed by atoms with Crippen LogP contribution in [-0.4, -0.2) is 0 Å². The monoisotopic (exact) mass is 178 g/mol. The van der Waals surface area contributed by atoms with E-state index in [1.54, 1.807) is 0 Å². The van der Waals surface area contributed by atoms with Crippen molar-refractivity contribution in [3.05, 3.63) is 23.8 Å². The zero-order valence-electron chi connectivity index (χ0n) is 9.43. The molecule has 0 aromatic rings. The molecule has 0 bridgehead atoms. The summed E-state index contributed by atoms with van der Waals surface area (Å²) in [6.45, 7) is 9.16. The number of rotatable bonds is 2. The van der Waals surface area contributed by atoms with Gasteiger partial charge in [-0.1, -0.05) is 51.5 Å². The van der Waals surface area contributed by atoms with E-state index in [9.17, 15) is 0 Å². The van der Waals surface area contributed by atoms with Crippen LogP contribution < -0.4 is 0 Å². The van der Waals surface area contributed by atoms with E-state index < -0.39 is 0 Å². The second kappa shape index (κ2) is 4.13. The van der Waals surface area contributed by atoms with E-state index in [0.29, 0.717) is 5.41 Å². The summed E-state index contributed by atoms with van der Waals surface area (Å²) < 4.78 is 0. The van der Waals surface area contributed by atoms with Crippen LogP contribution >= 0.6 is 0 Å². The average molecular weight is 178 g/mol. The molecule has 1 aliphatic carbocycles. The van der Waals surface area contributed by atoms with E-state index in [1.165, 1.54) is 24.8 Å². The molecule has 1 atom stereocenters. The van der Waals surface area contributed by atoms with Crippen LogP contribution in [0.2, 0.25) is 0 Å². The quantitative estimate of drug-likeness (QED) is 0.590. The van der Waals surface area contributed by atoms with Crippen LogP contribution in [0.15, 0.2) is 23.8 Å². The Hall–Kier alpha value is -0.520. The maximum absolute atomic E-state index is 2.42. The van der Waals surface area contributed by atoms with Gasteiger partial charge in [-0.3, -0.25) is 0 Å². The van der Waals surface area contributed by atoms with Crippen molar-refractivity contribution < 1.29 is 0 Å². The lowest BCUT2D eigenvalue weighted by Gasteiger charge is -2.21. The lowest BCUT2D eigenvalue weighted by Crippen LogP contribution is -2.07. The summed E-state index contributed by atoms with van der Waals surface area (Å²) >= 11 is 0. The molecule has 74 valence electrons. The van der Waals surface area contributed by atoms with Crippen LogP contribution in [0.1, 0.15) is 47.0 Å². The summed E-state index contributed by atoms with van der Waals surface area (Å²) in [6, 6.07) is 0. The molecule has 0 aromatic carbocycles. The Kier molecular flexibility index (Phi) is 3.35. The van der Waals surface area contributed by atoms with Gasteiger partial charge < -0.3 is 0 Å². The minimum absolute atomic E-state index is 0.426. The van der Waals surface area contributed by atoms with E-state index in [-0.39, 0.29) is 0 Å². The number of hydrogen-bond acceptors (Lipinski definition) is 0. The van der Waals surface area contributed by atoms with Gasteiger partial charge in [0.05, 0.1) is 0 Å². The second-order valence-electron chi connectivity index (χ2n) is 5.28. The predicted molar refractivity (Wildman–Crippen MR) is 59.7 cm³/mol. The van der Waals surface area contributed by atoms with Gasteiger partial charge in [0.15, 0.2) is 0 Å². The third kappa shape index (κ3) is 3.80. The number of hydrogen-bond donors (Lipinski definition) is 0. The maximum Gasteiger partial charge on any atom is -0.0198 e. The summed E-state index contributed by atoms with van der Waals surface area (Å²) in [4.78, 5) is 0. The Bertz CT molecular complexity index is 213. The molecular formula is C13H22. The van der Waals surface area contributed by atoms with Gasteiger partial charge >= 0.3 is 0 Å². The molecule has 0 heterocycles. The van der Waals surface area contributed by atoms with Gasteiger partial charge in [0, 0.05) is 0 Å². The van der Waals surface area contributed by atoms with Crippen molar-refractivity contribution in [1.82, 2.24) is 0 Å². The maximum atomic E-state index is 2.42. The first-order valence-corrected chi connectivity index (χ1v) is 5.38. The normalized spacial score (nSPS) is 23.1. The van der Waals surface area contributed by atoms with Crippen LogP contribution in [0.3, 0.4) is 0 Å². The zero-order chi connectivity index (χ0) is 9.90. The third-order valence-electron chi connectivity index (χ3n) is 2.52. The Balaban J connectivity index is 2.48. The Morgan fingerprint density at radius 3 is 2.46 bits per heavy atom. The smallest absolute Gasteiger partial charge is 0.0198 e. The van der Waals surface area contributed by atoms with E-state index >= 15 is 0 Å². The lowest BCUT2D eigenvalue weighted by molar-refractivity contribution is 0.411. The van der Waals surface area contributed by atoms with Crippen LogP contribution in [0.4, 0.5) is 0 Å². The average Bonchev–Trinajstić information content (AvgIpc) is 2.03. The van der Waals surface area contributed by atoms with Crippen LogP contribution in [0, 0.1) is 11.3 Å². The number of allylic oxidation sites excluding steroid dienone is 4. The molecule has 0 radical (unpaired) electrons. The van der Waals surface area contributed by atoms with Gasteiger partial charge in [-0.15, -0.1) is 0 Å². The SMILES string of the molecule is CCC1C=CC(CC(C)(C)C)=CC1. The minimum atomic E-state index is 0.426. The summed E-state index contributed by atoms with van der Waals surface area (Å²) in [7, 11) is 0. The molecule has 1 unspecified atom stereocenters. The standard InChI is InChI=1S/C13H22/c1-5-11-6-8-12(9-7-11)10-13(2,3)4/h6,8-9,11H,5,7,10H2,1-4H3. The first kappa shape index (κ1) is 10.6. The van der Waals surface area contributed by atoms with Gasteiger partial charge in [-0.05, 0) is 30.6 Å². The summed E-state index contributed by atoms with van der Waals surface area (Å²) in [5.74, 6) is 0.795. The highest BCUT2D eigenvalue weighted by Crippen LogP contribution is 2.28. The highest BCUT2D eigenvalue weighted by Gasteiger charge is 2.14. The summed E-state index contributed by atoms with van der Waals surface area (Å²) in [5.41, 5.74) is 1.95. The van der Waals surface area contributed by atoms with Crippen molar-refractivity contribution in [3.8, 4) is 0 Å². The van der Waals surface area contributed by atoms with Crippen molar-refractivity contribution in [3.63, 3.8) is 0 Å². The molecule has 0 amide bonds. The molecule has 1 aliphatic rings. The molecule has 0 nitrogen and oxygen atoms in total. The van der Waals surface area contributed by atoms with Gasteiger partial charge in [0.25, 0.3) is 0 Å². The highest BCUT2D eigenvalue weighted by molar-refractivity contribution is 5.24. The van der Waals surface area contributed by atoms with Crippen molar-refractivity contribution in [1.29, 1.82) is 0 Å². The molecule has 0 spiro atoms. The first-order chi connectivity index (χ1) is 6.01. The van der Waals surface area contributed by atoms with Gasteiger partial charge in [-0.2, -0.15) is 0 Å². The molecule has 0 fully saturated rings. The molecule has 0 heteroatoms. The van der Waals surface area contributed by atoms with E-state index in [2.05, 4.69) is 45.9 Å². The van der Waals surface area contributed by atoms with Crippen molar-refractivity contribution >= 4 is 0 Å². The fourth-order valence-corrected chi connectivity index (χ4v) is 1.76. The first-order valence-electron chi connectivity index (χ1n) is 5.38. The molecule has 0 N–H and O–H groups in total. The topological polar surface area (TPSA) is 0 Å². The molecule has 1 rings (SSSR count).